The minimum Gasteiger partial charge on any atom is -0.478 e. The molecule has 0 radical (unpaired) electrons. The number of rotatable bonds is 2. The number of carboxylic acid groups (broad SMARTS) is 1. The first-order valence-electron chi connectivity index (χ1n) is 6.35. The molecule has 2 aromatic rings. The summed E-state index contributed by atoms with van der Waals surface area (Å²) < 4.78 is 1.93. The minimum absolute atomic E-state index is 0.135. The number of para-hydroxylation sites is 1. The Morgan fingerprint density at radius 3 is 2.89 bits per heavy atom. The summed E-state index contributed by atoms with van der Waals surface area (Å²) >= 11 is 0. The van der Waals surface area contributed by atoms with Gasteiger partial charge in [-0.05, 0) is 37.8 Å². The van der Waals surface area contributed by atoms with Gasteiger partial charge in [-0.1, -0.05) is 6.07 Å². The van der Waals surface area contributed by atoms with Crippen LogP contribution in [0.3, 0.4) is 0 Å². The zero-order valence-corrected chi connectivity index (χ0v) is 10.5. The highest BCUT2D eigenvalue weighted by Crippen LogP contribution is 2.27. The first kappa shape index (κ1) is 11.8. The molecule has 0 saturated heterocycles. The van der Waals surface area contributed by atoms with E-state index >= 15 is 0 Å². The van der Waals surface area contributed by atoms with Gasteiger partial charge >= 0.3 is 5.97 Å². The highest BCUT2D eigenvalue weighted by molar-refractivity contribution is 5.95. The van der Waals surface area contributed by atoms with Crippen LogP contribution in [0.15, 0.2) is 24.5 Å². The van der Waals surface area contributed by atoms with Crippen molar-refractivity contribution in [2.75, 3.05) is 5.73 Å². The third-order valence-electron chi connectivity index (χ3n) is 3.60. The van der Waals surface area contributed by atoms with Crippen LogP contribution >= 0.6 is 0 Å². The van der Waals surface area contributed by atoms with Crippen LogP contribution in [-0.4, -0.2) is 20.6 Å². The summed E-state index contributed by atoms with van der Waals surface area (Å²) in [6, 6.07) is 5.06. The summed E-state index contributed by atoms with van der Waals surface area (Å²) in [5.41, 5.74) is 9.37. The summed E-state index contributed by atoms with van der Waals surface area (Å²) in [5, 5.41) is 9.12. The predicted molar refractivity (Wildman–Crippen MR) is 71.6 cm³/mol. The molecule has 0 unspecified atom stereocenters. The van der Waals surface area contributed by atoms with Crippen molar-refractivity contribution in [3.63, 3.8) is 0 Å². The van der Waals surface area contributed by atoms with E-state index in [4.69, 9.17) is 10.8 Å². The number of nitrogens with two attached hydrogens (primary N) is 1. The molecule has 0 atom stereocenters. The van der Waals surface area contributed by atoms with Gasteiger partial charge in [-0.25, -0.2) is 9.78 Å². The Bertz CT molecular complexity index is 646. The fraction of sp³-hybridized carbons (Fsp3) is 0.286. The van der Waals surface area contributed by atoms with Gasteiger partial charge in [0.15, 0.2) is 0 Å². The second-order valence-corrected chi connectivity index (χ2v) is 4.76. The van der Waals surface area contributed by atoms with Gasteiger partial charge in [0.1, 0.15) is 0 Å². The number of aryl methyl sites for hydroxylation is 1. The van der Waals surface area contributed by atoms with Gasteiger partial charge in [0.05, 0.1) is 29.0 Å². The van der Waals surface area contributed by atoms with Crippen molar-refractivity contribution in [2.45, 2.75) is 25.7 Å². The van der Waals surface area contributed by atoms with Gasteiger partial charge in [-0.2, -0.15) is 0 Å². The number of aromatic carboxylic acids is 1. The molecule has 5 nitrogen and oxygen atoms in total. The lowest BCUT2D eigenvalue weighted by Crippen LogP contribution is -2.10. The van der Waals surface area contributed by atoms with Crippen molar-refractivity contribution in [1.29, 1.82) is 0 Å². The summed E-state index contributed by atoms with van der Waals surface area (Å²) in [5.74, 6) is -1.01. The number of carboxylic acids is 1. The molecule has 3 N–H and O–H groups in total. The Morgan fingerprint density at radius 1 is 1.32 bits per heavy atom. The summed E-state index contributed by atoms with van der Waals surface area (Å²) in [7, 11) is 0. The molecular weight excluding hydrogens is 242 g/mol. The van der Waals surface area contributed by atoms with Gasteiger partial charge in [0.2, 0.25) is 0 Å². The van der Waals surface area contributed by atoms with Crippen molar-refractivity contribution < 1.29 is 9.90 Å². The lowest BCUT2D eigenvalue weighted by Gasteiger charge is -2.16. The number of fused-ring (bicyclic) bond motifs is 1. The Morgan fingerprint density at radius 2 is 2.11 bits per heavy atom. The molecule has 1 aliphatic rings. The van der Waals surface area contributed by atoms with E-state index in [9.17, 15) is 4.79 Å². The molecule has 1 aromatic heterocycles. The number of hydrogen-bond acceptors (Lipinski definition) is 3. The molecule has 0 aliphatic heterocycles. The smallest absolute Gasteiger partial charge is 0.337 e. The van der Waals surface area contributed by atoms with Crippen molar-refractivity contribution in [2.24, 2.45) is 0 Å². The van der Waals surface area contributed by atoms with E-state index in [1.54, 1.807) is 12.4 Å². The van der Waals surface area contributed by atoms with Gasteiger partial charge in [-0.3, -0.25) is 0 Å². The van der Waals surface area contributed by atoms with E-state index < -0.39 is 5.97 Å². The van der Waals surface area contributed by atoms with E-state index in [0.717, 1.165) is 37.1 Å². The average molecular weight is 257 g/mol. The number of carbonyl (C=O) groups is 1. The quantitative estimate of drug-likeness (QED) is 0.806. The van der Waals surface area contributed by atoms with Crippen LogP contribution in [-0.2, 0) is 12.8 Å². The number of hydrogen-bond donors (Lipinski definition) is 2. The topological polar surface area (TPSA) is 81.1 Å². The maximum Gasteiger partial charge on any atom is 0.337 e. The summed E-state index contributed by atoms with van der Waals surface area (Å²) in [6.07, 6.45) is 5.99. The van der Waals surface area contributed by atoms with Crippen LogP contribution in [0.5, 0.6) is 0 Å². The molecule has 1 aliphatic carbocycles. The van der Waals surface area contributed by atoms with E-state index in [0.29, 0.717) is 11.4 Å². The molecule has 1 aromatic carbocycles. The number of benzene rings is 1. The highest BCUT2D eigenvalue weighted by atomic mass is 16.4. The van der Waals surface area contributed by atoms with Gasteiger partial charge in [0, 0.05) is 5.69 Å². The predicted octanol–water partition coefficient (Wildman–Crippen LogP) is 2.03. The Labute approximate surface area is 110 Å². The van der Waals surface area contributed by atoms with Crippen molar-refractivity contribution >= 4 is 11.7 Å². The van der Waals surface area contributed by atoms with E-state index in [-0.39, 0.29) is 5.56 Å². The Kier molecular flexibility index (Phi) is 2.74. The largest absolute Gasteiger partial charge is 0.478 e. The Balaban J connectivity index is 2.15. The van der Waals surface area contributed by atoms with Crippen LogP contribution < -0.4 is 5.73 Å². The molecule has 0 amide bonds. The number of anilines is 1. The number of imidazole rings is 1. The van der Waals surface area contributed by atoms with Crippen LogP contribution in [0, 0.1) is 0 Å². The number of nitrogens with zero attached hydrogens (tertiary/aromatic N) is 2. The molecule has 1 heterocycles. The van der Waals surface area contributed by atoms with Crippen molar-refractivity contribution in [3.8, 4) is 5.69 Å². The standard InChI is InChI=1S/C14H15N3O2/c15-13-9(14(18)19)4-3-7-12(13)17-8-16-10-5-1-2-6-11(10)17/h3-4,7-8H,1-2,5-6,15H2,(H,18,19). The van der Waals surface area contributed by atoms with Gasteiger partial charge in [0.25, 0.3) is 0 Å². The molecule has 19 heavy (non-hydrogen) atoms. The molecule has 98 valence electrons. The average Bonchev–Trinajstić information content (AvgIpc) is 2.82. The van der Waals surface area contributed by atoms with Crippen LogP contribution in [0.25, 0.3) is 5.69 Å². The van der Waals surface area contributed by atoms with Gasteiger partial charge in [-0.15, -0.1) is 0 Å². The molecule has 0 fully saturated rings. The van der Waals surface area contributed by atoms with Crippen molar-refractivity contribution in [1.82, 2.24) is 9.55 Å². The molecule has 5 heteroatoms. The first-order chi connectivity index (χ1) is 9.18. The number of aromatic nitrogens is 2. The Hall–Kier alpha value is -2.30. The van der Waals surface area contributed by atoms with E-state index in [1.807, 2.05) is 10.6 Å². The van der Waals surface area contributed by atoms with Crippen LogP contribution in [0.1, 0.15) is 34.6 Å². The second kappa shape index (κ2) is 4.42. The summed E-state index contributed by atoms with van der Waals surface area (Å²) in [6.45, 7) is 0. The SMILES string of the molecule is Nc1c(C(=O)O)cccc1-n1cnc2c1CCCC2. The molecule has 0 saturated carbocycles. The second-order valence-electron chi connectivity index (χ2n) is 4.76. The third kappa shape index (κ3) is 1.87. The first-order valence-corrected chi connectivity index (χ1v) is 6.35. The van der Waals surface area contributed by atoms with Crippen molar-refractivity contribution in [3.05, 3.63) is 41.5 Å². The lowest BCUT2D eigenvalue weighted by molar-refractivity contribution is 0.0698. The monoisotopic (exact) mass is 257 g/mol. The van der Waals surface area contributed by atoms with Gasteiger partial charge < -0.3 is 15.4 Å². The minimum atomic E-state index is -1.01. The number of nitrogen functional groups attached to an aromatic ring is 1. The lowest BCUT2D eigenvalue weighted by atomic mass is 10.0. The third-order valence-corrected chi connectivity index (χ3v) is 3.60. The highest BCUT2D eigenvalue weighted by Gasteiger charge is 2.19. The van der Waals surface area contributed by atoms with Crippen LogP contribution in [0.4, 0.5) is 5.69 Å². The zero-order chi connectivity index (χ0) is 13.4. The molecule has 0 spiro atoms. The fourth-order valence-corrected chi connectivity index (χ4v) is 2.63. The normalized spacial score (nSPS) is 14.1. The maximum atomic E-state index is 11.1. The maximum absolute atomic E-state index is 11.1. The molecule has 3 rings (SSSR count). The molecular formula is C14H15N3O2. The van der Waals surface area contributed by atoms with E-state index in [1.165, 1.54) is 6.07 Å². The molecule has 0 bridgehead atoms. The summed E-state index contributed by atoms with van der Waals surface area (Å²) in [4.78, 5) is 15.5. The zero-order valence-electron chi connectivity index (χ0n) is 10.5. The van der Waals surface area contributed by atoms with E-state index in [2.05, 4.69) is 4.98 Å². The van der Waals surface area contributed by atoms with Crippen LogP contribution in [0.2, 0.25) is 0 Å². The fourth-order valence-electron chi connectivity index (χ4n) is 2.63.